The van der Waals surface area contributed by atoms with Crippen LogP contribution in [0.15, 0.2) is 16.8 Å². The van der Waals surface area contributed by atoms with E-state index in [1.54, 1.807) is 11.3 Å². The van der Waals surface area contributed by atoms with Crippen LogP contribution in [-0.2, 0) is 11.2 Å². The van der Waals surface area contributed by atoms with Crippen molar-refractivity contribution in [1.82, 2.24) is 10.2 Å². The molecule has 0 bridgehead atoms. The van der Waals surface area contributed by atoms with E-state index in [4.69, 9.17) is 4.74 Å². The van der Waals surface area contributed by atoms with Crippen molar-refractivity contribution in [1.29, 1.82) is 0 Å². The van der Waals surface area contributed by atoms with Crippen LogP contribution in [0.25, 0.3) is 0 Å². The van der Waals surface area contributed by atoms with Crippen LogP contribution in [0.3, 0.4) is 0 Å². The van der Waals surface area contributed by atoms with Crippen molar-refractivity contribution in [3.63, 3.8) is 0 Å². The summed E-state index contributed by atoms with van der Waals surface area (Å²) >= 11 is 1.75. The topological polar surface area (TPSA) is 41.6 Å². The van der Waals surface area contributed by atoms with Crippen LogP contribution >= 0.6 is 11.3 Å². The van der Waals surface area contributed by atoms with Gasteiger partial charge in [-0.15, -0.1) is 0 Å². The van der Waals surface area contributed by atoms with E-state index in [1.807, 2.05) is 25.7 Å². The van der Waals surface area contributed by atoms with E-state index in [0.717, 1.165) is 38.9 Å². The van der Waals surface area contributed by atoms with Crippen molar-refractivity contribution in [3.8, 4) is 0 Å². The molecule has 21 heavy (non-hydrogen) atoms. The largest absolute Gasteiger partial charge is 0.444 e. The summed E-state index contributed by atoms with van der Waals surface area (Å²) in [4.78, 5) is 13.8. The lowest BCUT2D eigenvalue weighted by atomic mass is 10.1. The van der Waals surface area contributed by atoms with E-state index in [9.17, 15) is 4.79 Å². The molecular weight excluding hydrogens is 284 g/mol. The van der Waals surface area contributed by atoms with E-state index in [2.05, 4.69) is 22.1 Å². The molecule has 118 valence electrons. The molecule has 0 radical (unpaired) electrons. The maximum atomic E-state index is 12.0. The highest BCUT2D eigenvalue weighted by molar-refractivity contribution is 7.07. The second kappa shape index (κ2) is 7.27. The first kappa shape index (κ1) is 16.3. The Hall–Kier alpha value is -1.07. The molecule has 1 saturated heterocycles. The van der Waals surface area contributed by atoms with Gasteiger partial charge in [-0.1, -0.05) is 0 Å². The Morgan fingerprint density at radius 2 is 2.14 bits per heavy atom. The summed E-state index contributed by atoms with van der Waals surface area (Å²) in [5, 5.41) is 7.91. The quantitative estimate of drug-likeness (QED) is 0.928. The molecule has 2 heterocycles. The zero-order valence-corrected chi connectivity index (χ0v) is 14.0. The molecule has 1 N–H and O–H groups in total. The van der Waals surface area contributed by atoms with Crippen molar-refractivity contribution in [2.75, 3.05) is 19.6 Å². The van der Waals surface area contributed by atoms with Crippen LogP contribution in [0, 0.1) is 0 Å². The van der Waals surface area contributed by atoms with Gasteiger partial charge in [-0.25, -0.2) is 4.79 Å². The highest BCUT2D eigenvalue weighted by atomic mass is 32.1. The van der Waals surface area contributed by atoms with Crippen molar-refractivity contribution in [2.24, 2.45) is 0 Å². The minimum atomic E-state index is -0.410. The summed E-state index contributed by atoms with van der Waals surface area (Å²) in [5.74, 6) is 0. The van der Waals surface area contributed by atoms with Crippen LogP contribution in [0.5, 0.6) is 0 Å². The van der Waals surface area contributed by atoms with Gasteiger partial charge in [-0.2, -0.15) is 11.3 Å². The number of ether oxygens (including phenoxy) is 1. The SMILES string of the molecule is CC(C)(C)OC(=O)N1CCC(NCCc2ccsc2)CC1. The third-order valence-electron chi connectivity index (χ3n) is 3.57. The number of rotatable bonds is 4. The molecule has 1 amide bonds. The van der Waals surface area contributed by atoms with Gasteiger partial charge >= 0.3 is 6.09 Å². The molecule has 4 nitrogen and oxygen atoms in total. The summed E-state index contributed by atoms with van der Waals surface area (Å²) in [5.41, 5.74) is 0.992. The predicted octanol–water partition coefficient (Wildman–Crippen LogP) is 3.28. The lowest BCUT2D eigenvalue weighted by Gasteiger charge is -2.33. The fourth-order valence-corrected chi connectivity index (χ4v) is 3.15. The van der Waals surface area contributed by atoms with Crippen molar-refractivity contribution >= 4 is 17.4 Å². The number of thiophene rings is 1. The van der Waals surface area contributed by atoms with Gasteiger partial charge in [-0.05, 0) is 69.0 Å². The van der Waals surface area contributed by atoms with Gasteiger partial charge in [0.05, 0.1) is 0 Å². The maximum absolute atomic E-state index is 12.0. The molecule has 1 aromatic heterocycles. The van der Waals surface area contributed by atoms with Crippen LogP contribution in [0.1, 0.15) is 39.2 Å². The minimum Gasteiger partial charge on any atom is -0.444 e. The Balaban J connectivity index is 1.65. The zero-order chi connectivity index (χ0) is 15.3. The highest BCUT2D eigenvalue weighted by Crippen LogP contribution is 2.15. The lowest BCUT2D eigenvalue weighted by molar-refractivity contribution is 0.0198. The third kappa shape index (κ3) is 5.67. The van der Waals surface area contributed by atoms with E-state index in [1.165, 1.54) is 5.56 Å². The van der Waals surface area contributed by atoms with Gasteiger partial charge in [0.2, 0.25) is 0 Å². The molecule has 5 heteroatoms. The number of carbonyl (C=O) groups excluding carboxylic acids is 1. The van der Waals surface area contributed by atoms with Gasteiger partial charge in [0, 0.05) is 19.1 Å². The number of hydrogen-bond acceptors (Lipinski definition) is 4. The second-order valence-electron chi connectivity index (χ2n) is 6.58. The average molecular weight is 310 g/mol. The fourth-order valence-electron chi connectivity index (χ4n) is 2.45. The van der Waals surface area contributed by atoms with Gasteiger partial charge in [0.25, 0.3) is 0 Å². The molecular formula is C16H26N2O2S. The van der Waals surface area contributed by atoms with Gasteiger partial charge in [0.15, 0.2) is 0 Å². The van der Waals surface area contributed by atoms with Crippen LogP contribution in [0.2, 0.25) is 0 Å². The van der Waals surface area contributed by atoms with Gasteiger partial charge in [0.1, 0.15) is 5.60 Å². The molecule has 0 saturated carbocycles. The Bertz CT molecular complexity index is 432. The van der Waals surface area contributed by atoms with Crippen molar-refractivity contribution < 1.29 is 9.53 Å². The average Bonchev–Trinajstić information content (AvgIpc) is 2.91. The number of hydrogen-bond donors (Lipinski definition) is 1. The first-order valence-electron chi connectivity index (χ1n) is 7.66. The number of nitrogens with zero attached hydrogens (tertiary/aromatic N) is 1. The van der Waals surface area contributed by atoms with Crippen LogP contribution in [-0.4, -0.2) is 42.3 Å². The van der Waals surface area contributed by atoms with Crippen molar-refractivity contribution in [2.45, 2.75) is 51.7 Å². The molecule has 1 aliphatic rings. The monoisotopic (exact) mass is 310 g/mol. The first-order valence-corrected chi connectivity index (χ1v) is 8.61. The van der Waals surface area contributed by atoms with Gasteiger partial charge < -0.3 is 15.0 Å². The summed E-state index contributed by atoms with van der Waals surface area (Å²) in [7, 11) is 0. The number of amides is 1. The van der Waals surface area contributed by atoms with Crippen LogP contribution in [0.4, 0.5) is 4.79 Å². The number of carbonyl (C=O) groups is 1. The van der Waals surface area contributed by atoms with E-state index in [0.29, 0.717) is 6.04 Å². The maximum Gasteiger partial charge on any atom is 0.410 e. The normalized spacial score (nSPS) is 17.0. The van der Waals surface area contributed by atoms with E-state index < -0.39 is 5.60 Å². The molecule has 0 aromatic carbocycles. The summed E-state index contributed by atoms with van der Waals surface area (Å²) in [6.07, 6.45) is 2.90. The standard InChI is InChI=1S/C16H26N2O2S/c1-16(2,3)20-15(19)18-9-5-14(6-10-18)17-8-4-13-7-11-21-12-13/h7,11-12,14,17H,4-6,8-10H2,1-3H3. The Kier molecular flexibility index (Phi) is 5.65. The molecule has 0 aliphatic carbocycles. The van der Waals surface area contributed by atoms with E-state index >= 15 is 0 Å². The van der Waals surface area contributed by atoms with Gasteiger partial charge in [-0.3, -0.25) is 0 Å². The Morgan fingerprint density at radius 1 is 1.43 bits per heavy atom. The zero-order valence-electron chi connectivity index (χ0n) is 13.2. The fraction of sp³-hybridized carbons (Fsp3) is 0.688. The molecule has 0 unspecified atom stereocenters. The third-order valence-corrected chi connectivity index (χ3v) is 4.31. The minimum absolute atomic E-state index is 0.181. The smallest absolute Gasteiger partial charge is 0.410 e. The Labute approximate surface area is 131 Å². The molecule has 1 aliphatic heterocycles. The lowest BCUT2D eigenvalue weighted by Crippen LogP contribution is -2.46. The number of piperidine rings is 1. The highest BCUT2D eigenvalue weighted by Gasteiger charge is 2.26. The number of likely N-dealkylation sites (tertiary alicyclic amines) is 1. The number of nitrogens with one attached hydrogen (secondary N) is 1. The molecule has 2 rings (SSSR count). The predicted molar refractivity (Wildman–Crippen MR) is 86.9 cm³/mol. The second-order valence-corrected chi connectivity index (χ2v) is 7.36. The Morgan fingerprint density at radius 3 is 2.71 bits per heavy atom. The summed E-state index contributed by atoms with van der Waals surface area (Å²) < 4.78 is 5.41. The molecule has 0 atom stereocenters. The molecule has 1 aromatic rings. The van der Waals surface area contributed by atoms with E-state index in [-0.39, 0.29) is 6.09 Å². The molecule has 1 fully saturated rings. The summed E-state index contributed by atoms with van der Waals surface area (Å²) in [6.45, 7) is 8.29. The first-order chi connectivity index (χ1) is 9.94. The summed E-state index contributed by atoms with van der Waals surface area (Å²) in [6, 6.07) is 2.69. The van der Waals surface area contributed by atoms with Crippen LogP contribution < -0.4 is 5.32 Å². The molecule has 0 spiro atoms. The van der Waals surface area contributed by atoms with Crippen molar-refractivity contribution in [3.05, 3.63) is 22.4 Å².